The highest BCUT2D eigenvalue weighted by Gasteiger charge is 2.30. The standard InChI is InChI=1S/C23H32ClN5O2Si.C17H20N6O/c1-32(2,3)11-10-31-16-28-9-8-19-22(25-15-26-23(19)28)18-13-27-29(14-18)20(12-21(24)30)17-6-4-5-7-17;18-15(24)7-14(11-3-1-2-4-11)23-9-12(8-22-23)16-13-5-6-19-17(13)21-10-20-16/h8-9,13-15,17,20H,4-7,10-12,16H2,1-3H3;5-6,8-11,14H,1-4,7H2,(H2,18,24)(H,19,20,21)/t20-;14-/m11/s1. The Balaban J connectivity index is 0.000000178. The van der Waals surface area contributed by atoms with Gasteiger partial charge < -0.3 is 20.0 Å². The number of ether oxygens (including phenoxy) is 1. The summed E-state index contributed by atoms with van der Waals surface area (Å²) in [6, 6.07) is 5.15. The molecule has 2 fully saturated rings. The highest BCUT2D eigenvalue weighted by Crippen LogP contribution is 2.38. The van der Waals surface area contributed by atoms with Gasteiger partial charge in [-0.3, -0.25) is 19.0 Å². The number of hydrogen-bond acceptors (Lipinski definition) is 9. The van der Waals surface area contributed by atoms with Crippen molar-refractivity contribution in [1.82, 2.24) is 49.0 Å². The van der Waals surface area contributed by atoms with Crippen molar-refractivity contribution in [1.29, 1.82) is 0 Å². The lowest BCUT2D eigenvalue weighted by Crippen LogP contribution is -2.24. The summed E-state index contributed by atoms with van der Waals surface area (Å²) in [4.78, 5) is 44.0. The molecule has 0 aliphatic heterocycles. The average Bonchev–Trinajstić information content (AvgIpc) is 4.02. The smallest absolute Gasteiger partial charge is 0.223 e. The number of aromatic amines is 1. The van der Waals surface area contributed by atoms with Crippen LogP contribution in [-0.2, 0) is 21.1 Å². The van der Waals surface area contributed by atoms with Crippen LogP contribution in [0.25, 0.3) is 44.6 Å². The van der Waals surface area contributed by atoms with Crippen LogP contribution in [0.2, 0.25) is 25.7 Å². The van der Waals surface area contributed by atoms with Crippen LogP contribution in [-0.4, -0.2) is 74.9 Å². The van der Waals surface area contributed by atoms with Gasteiger partial charge in [0.05, 0.1) is 35.9 Å². The zero-order valence-electron chi connectivity index (χ0n) is 32.5. The molecular weight excluding hydrogens is 746 g/mol. The van der Waals surface area contributed by atoms with Crippen molar-refractivity contribution in [3.8, 4) is 22.5 Å². The van der Waals surface area contributed by atoms with Crippen molar-refractivity contribution in [3.63, 3.8) is 0 Å². The van der Waals surface area contributed by atoms with E-state index in [-0.39, 0.29) is 23.2 Å². The molecule has 6 heterocycles. The third-order valence-corrected chi connectivity index (χ3v) is 13.1. The van der Waals surface area contributed by atoms with E-state index >= 15 is 0 Å². The molecule has 2 saturated carbocycles. The molecule has 1 amide bonds. The van der Waals surface area contributed by atoms with Gasteiger partial charge >= 0.3 is 0 Å². The van der Waals surface area contributed by atoms with Crippen molar-refractivity contribution in [2.45, 2.75) is 109 Å². The van der Waals surface area contributed by atoms with Crippen LogP contribution in [0.1, 0.15) is 76.3 Å². The maximum Gasteiger partial charge on any atom is 0.223 e. The number of aromatic nitrogens is 10. The number of H-pyrrole nitrogens is 1. The van der Waals surface area contributed by atoms with Crippen LogP contribution in [0.5, 0.6) is 0 Å². The molecule has 0 unspecified atom stereocenters. The Bertz CT molecular complexity index is 2240. The molecule has 2 atom stereocenters. The second-order valence-corrected chi connectivity index (χ2v) is 22.5. The van der Waals surface area contributed by atoms with Crippen molar-refractivity contribution in [2.75, 3.05) is 6.61 Å². The van der Waals surface area contributed by atoms with E-state index in [1.807, 2.05) is 57.0 Å². The molecule has 0 spiro atoms. The Morgan fingerprint density at radius 1 is 0.857 bits per heavy atom. The molecule has 16 heteroatoms. The van der Waals surface area contributed by atoms with Gasteiger partial charge in [0, 0.05) is 74.2 Å². The van der Waals surface area contributed by atoms with E-state index in [1.165, 1.54) is 25.7 Å². The molecule has 3 N–H and O–H groups in total. The first-order valence-corrected chi connectivity index (χ1v) is 23.8. The molecule has 0 radical (unpaired) electrons. The number of hydrogen-bond donors (Lipinski definition) is 2. The summed E-state index contributed by atoms with van der Waals surface area (Å²) in [6.07, 6.45) is 24.5. The maximum atomic E-state index is 11.7. The number of amides is 1. The van der Waals surface area contributed by atoms with Gasteiger partial charge in [0.15, 0.2) is 0 Å². The Labute approximate surface area is 332 Å². The number of nitrogens with zero attached hydrogens (tertiary/aromatic N) is 9. The predicted octanol–water partition coefficient (Wildman–Crippen LogP) is 7.92. The largest absolute Gasteiger partial charge is 0.370 e. The Hall–Kier alpha value is -4.73. The molecule has 296 valence electrons. The van der Waals surface area contributed by atoms with Crippen LogP contribution in [0, 0.1) is 11.8 Å². The van der Waals surface area contributed by atoms with Crippen LogP contribution in [0.3, 0.4) is 0 Å². The van der Waals surface area contributed by atoms with E-state index in [4.69, 9.17) is 22.1 Å². The normalized spacial score (nSPS) is 16.4. The minimum Gasteiger partial charge on any atom is -0.370 e. The summed E-state index contributed by atoms with van der Waals surface area (Å²) in [6.45, 7) is 8.29. The van der Waals surface area contributed by atoms with Gasteiger partial charge in [0.25, 0.3) is 0 Å². The van der Waals surface area contributed by atoms with Crippen LogP contribution in [0.4, 0.5) is 0 Å². The number of carbonyl (C=O) groups excluding carboxylic acids is 2. The highest BCUT2D eigenvalue weighted by atomic mass is 35.5. The summed E-state index contributed by atoms with van der Waals surface area (Å²) in [5.74, 6) is 0.618. The zero-order valence-corrected chi connectivity index (χ0v) is 34.2. The summed E-state index contributed by atoms with van der Waals surface area (Å²) in [5.41, 5.74) is 10.6. The second-order valence-electron chi connectivity index (χ2n) is 16.4. The first-order chi connectivity index (χ1) is 27.0. The summed E-state index contributed by atoms with van der Waals surface area (Å²) in [7, 11) is -1.11. The SMILES string of the molecule is C[Si](C)(C)CCOCn1ccc2c(-c3cnn([C@H](CC(=O)Cl)C4CCCC4)c3)ncnc21.NC(=O)C[C@H](C1CCCC1)n1cc(-c2ncnc3[nH]ccc23)cn1. The van der Waals surface area contributed by atoms with Gasteiger partial charge in [-0.25, -0.2) is 19.9 Å². The minimum atomic E-state index is -1.11. The Morgan fingerprint density at radius 3 is 2.04 bits per heavy atom. The van der Waals surface area contributed by atoms with E-state index in [2.05, 4.69) is 54.8 Å². The topological polar surface area (TPSA) is 177 Å². The van der Waals surface area contributed by atoms with Crippen LogP contribution < -0.4 is 5.73 Å². The molecule has 56 heavy (non-hydrogen) atoms. The number of halogens is 1. The van der Waals surface area contributed by atoms with Gasteiger partial charge in [-0.05, 0) is 67.3 Å². The van der Waals surface area contributed by atoms with Gasteiger partial charge in [-0.1, -0.05) is 45.3 Å². The minimum absolute atomic E-state index is 0.00190. The number of carbonyl (C=O) groups is 2. The number of primary amides is 1. The average molecular weight is 798 g/mol. The molecule has 6 aromatic rings. The Kier molecular flexibility index (Phi) is 12.4. The van der Waals surface area contributed by atoms with Crippen molar-refractivity contribution in [2.24, 2.45) is 17.6 Å². The van der Waals surface area contributed by atoms with E-state index in [9.17, 15) is 9.59 Å². The molecule has 0 aromatic carbocycles. The van der Waals surface area contributed by atoms with Crippen LogP contribution in [0.15, 0.2) is 62.0 Å². The summed E-state index contributed by atoms with van der Waals surface area (Å²) >= 11 is 5.77. The number of nitrogens with two attached hydrogens (primary N) is 1. The van der Waals surface area contributed by atoms with Gasteiger partial charge in [0.2, 0.25) is 11.1 Å². The van der Waals surface area contributed by atoms with Crippen molar-refractivity contribution in [3.05, 3.63) is 62.0 Å². The zero-order chi connectivity index (χ0) is 39.2. The monoisotopic (exact) mass is 797 g/mol. The molecule has 2 aliphatic carbocycles. The van der Waals surface area contributed by atoms with Crippen molar-refractivity contribution >= 4 is 52.9 Å². The third kappa shape index (κ3) is 9.44. The number of fused-ring (bicyclic) bond motifs is 2. The van der Waals surface area contributed by atoms with E-state index in [1.54, 1.807) is 18.9 Å². The van der Waals surface area contributed by atoms with Gasteiger partial charge in [-0.15, -0.1) is 0 Å². The molecule has 0 bridgehead atoms. The molecule has 0 saturated heterocycles. The van der Waals surface area contributed by atoms with E-state index in [0.717, 1.165) is 82.9 Å². The van der Waals surface area contributed by atoms with E-state index in [0.29, 0.717) is 31.4 Å². The van der Waals surface area contributed by atoms with Gasteiger partial charge in [0.1, 0.15) is 30.7 Å². The van der Waals surface area contributed by atoms with Crippen molar-refractivity contribution < 1.29 is 14.3 Å². The molecular formula is C40H52ClN11O3Si. The lowest BCUT2D eigenvalue weighted by molar-refractivity contribution is -0.119. The van der Waals surface area contributed by atoms with E-state index < -0.39 is 8.07 Å². The first kappa shape index (κ1) is 39.5. The molecule has 6 aromatic heterocycles. The number of nitrogens with one attached hydrogen (secondary N) is 1. The third-order valence-electron chi connectivity index (χ3n) is 11.2. The lowest BCUT2D eigenvalue weighted by Gasteiger charge is -2.22. The summed E-state index contributed by atoms with van der Waals surface area (Å²) in [5, 5.41) is 10.7. The summed E-state index contributed by atoms with van der Waals surface area (Å²) < 4.78 is 11.7. The lowest BCUT2D eigenvalue weighted by atomic mass is 9.95. The number of rotatable bonds is 15. The molecule has 2 aliphatic rings. The highest BCUT2D eigenvalue weighted by molar-refractivity contribution is 6.76. The second kappa shape index (κ2) is 17.6. The fourth-order valence-corrected chi connectivity index (χ4v) is 9.19. The maximum absolute atomic E-state index is 11.7. The first-order valence-electron chi connectivity index (χ1n) is 19.8. The predicted molar refractivity (Wildman–Crippen MR) is 219 cm³/mol. The van der Waals surface area contributed by atoms with Gasteiger partial charge in [-0.2, -0.15) is 10.2 Å². The fourth-order valence-electron chi connectivity index (χ4n) is 8.27. The quantitative estimate of drug-likeness (QED) is 0.0594. The molecule has 8 rings (SSSR count). The Morgan fingerprint density at radius 2 is 1.45 bits per heavy atom. The molecule has 14 nitrogen and oxygen atoms in total. The fraction of sp³-hybridized carbons (Fsp3) is 0.500. The van der Waals surface area contributed by atoms with Crippen LogP contribution >= 0.6 is 11.6 Å².